The molecule has 0 radical (unpaired) electrons. The van der Waals surface area contributed by atoms with Gasteiger partial charge in [0.2, 0.25) is 0 Å². The van der Waals surface area contributed by atoms with E-state index in [9.17, 15) is 0 Å². The summed E-state index contributed by atoms with van der Waals surface area (Å²) in [7, 11) is 0. The van der Waals surface area contributed by atoms with Gasteiger partial charge in [0, 0.05) is 6.04 Å². The number of thioether (sulfide) groups is 1. The van der Waals surface area contributed by atoms with E-state index in [2.05, 4.69) is 6.92 Å². The van der Waals surface area contributed by atoms with E-state index in [1.165, 1.54) is 25.0 Å². The highest BCUT2D eigenvalue weighted by Crippen LogP contribution is 2.20. The van der Waals surface area contributed by atoms with Crippen LogP contribution < -0.4 is 5.73 Å². The van der Waals surface area contributed by atoms with Crippen LogP contribution in [0.5, 0.6) is 0 Å². The zero-order chi connectivity index (χ0) is 8.81. The minimum Gasteiger partial charge on any atom is -0.379 e. The van der Waals surface area contributed by atoms with Gasteiger partial charge in [0.1, 0.15) is 0 Å². The Hall–Kier alpha value is 0.270. The number of hydrogen-bond donors (Lipinski definition) is 1. The summed E-state index contributed by atoms with van der Waals surface area (Å²) in [6.07, 6.45) is 3.75. The van der Waals surface area contributed by atoms with Crippen LogP contribution in [-0.2, 0) is 4.74 Å². The molecule has 0 amide bonds. The molecule has 1 unspecified atom stereocenters. The van der Waals surface area contributed by atoms with Gasteiger partial charge in [-0.1, -0.05) is 6.42 Å². The summed E-state index contributed by atoms with van der Waals surface area (Å²) < 4.78 is 5.09. The van der Waals surface area contributed by atoms with Crippen LogP contribution in [0.2, 0.25) is 0 Å². The Morgan fingerprint density at radius 2 is 2.25 bits per heavy atom. The maximum Gasteiger partial charge on any atom is 0.0607 e. The maximum atomic E-state index is 5.64. The van der Waals surface area contributed by atoms with Crippen LogP contribution in [0, 0.1) is 0 Å². The predicted octanol–water partition coefficient (Wildman–Crippen LogP) is 1.64. The van der Waals surface area contributed by atoms with Crippen LogP contribution in [0.1, 0.15) is 26.2 Å². The van der Waals surface area contributed by atoms with Gasteiger partial charge in [-0.3, -0.25) is 0 Å². The fourth-order valence-electron chi connectivity index (χ4n) is 1.13. The second-order valence-corrected chi connectivity index (χ2v) is 4.91. The molecule has 0 aromatic rings. The monoisotopic (exact) mass is 189 g/mol. The standard InChI is InChI=1S/C9H19NOS/c1-8(10)4-2-3-5-12-9-6-11-7-9/h8-9H,2-7,10H2,1H3. The summed E-state index contributed by atoms with van der Waals surface area (Å²) in [4.78, 5) is 0. The Labute approximate surface area is 79.2 Å². The molecule has 1 saturated heterocycles. The Kier molecular flexibility index (Phi) is 5.04. The van der Waals surface area contributed by atoms with E-state index in [1.807, 2.05) is 11.8 Å². The average molecular weight is 189 g/mol. The predicted molar refractivity (Wildman–Crippen MR) is 54.6 cm³/mol. The zero-order valence-corrected chi connectivity index (χ0v) is 8.61. The zero-order valence-electron chi connectivity index (χ0n) is 7.79. The molecule has 1 heterocycles. The molecule has 0 spiro atoms. The molecule has 1 aliphatic rings. The van der Waals surface area contributed by atoms with Crippen LogP contribution >= 0.6 is 11.8 Å². The first-order valence-corrected chi connectivity index (χ1v) is 5.79. The fraction of sp³-hybridized carbons (Fsp3) is 1.00. The lowest BCUT2D eigenvalue weighted by Crippen LogP contribution is -2.30. The third kappa shape index (κ3) is 4.33. The van der Waals surface area contributed by atoms with Gasteiger partial charge < -0.3 is 10.5 Å². The topological polar surface area (TPSA) is 35.2 Å². The molecule has 1 aliphatic heterocycles. The lowest BCUT2D eigenvalue weighted by molar-refractivity contribution is 0.0455. The summed E-state index contributed by atoms with van der Waals surface area (Å²) in [6, 6.07) is 0.377. The number of hydrogen-bond acceptors (Lipinski definition) is 3. The van der Waals surface area contributed by atoms with E-state index < -0.39 is 0 Å². The van der Waals surface area contributed by atoms with Gasteiger partial charge in [0.15, 0.2) is 0 Å². The molecule has 2 N–H and O–H groups in total. The first-order valence-electron chi connectivity index (χ1n) is 4.74. The molecule has 1 rings (SSSR count). The van der Waals surface area contributed by atoms with Crippen molar-refractivity contribution in [3.8, 4) is 0 Å². The van der Waals surface area contributed by atoms with E-state index in [-0.39, 0.29) is 0 Å². The van der Waals surface area contributed by atoms with E-state index in [0.29, 0.717) is 6.04 Å². The van der Waals surface area contributed by atoms with Crippen molar-refractivity contribution in [2.75, 3.05) is 19.0 Å². The minimum absolute atomic E-state index is 0.377. The average Bonchev–Trinajstić information content (AvgIpc) is 1.92. The second kappa shape index (κ2) is 5.84. The number of rotatable bonds is 6. The van der Waals surface area contributed by atoms with Crippen LogP contribution in [0.15, 0.2) is 0 Å². The molecule has 2 nitrogen and oxygen atoms in total. The van der Waals surface area contributed by atoms with E-state index >= 15 is 0 Å². The number of ether oxygens (including phenoxy) is 1. The lowest BCUT2D eigenvalue weighted by atomic mass is 10.2. The molecule has 0 aliphatic carbocycles. The van der Waals surface area contributed by atoms with Crippen molar-refractivity contribution in [2.24, 2.45) is 5.73 Å². The largest absolute Gasteiger partial charge is 0.379 e. The highest BCUT2D eigenvalue weighted by molar-refractivity contribution is 8.00. The van der Waals surface area contributed by atoms with Gasteiger partial charge in [-0.05, 0) is 25.5 Å². The lowest BCUT2D eigenvalue weighted by Gasteiger charge is -2.25. The molecular formula is C9H19NOS. The Balaban J connectivity index is 1.76. The van der Waals surface area contributed by atoms with E-state index in [1.54, 1.807) is 0 Å². The Morgan fingerprint density at radius 3 is 2.75 bits per heavy atom. The molecule has 0 aromatic carbocycles. The quantitative estimate of drug-likeness (QED) is 0.645. The normalized spacial score (nSPS) is 20.5. The summed E-state index contributed by atoms with van der Waals surface area (Å²) in [6.45, 7) is 4.02. The van der Waals surface area contributed by atoms with Crippen LogP contribution in [0.4, 0.5) is 0 Å². The van der Waals surface area contributed by atoms with Gasteiger partial charge in [0.05, 0.1) is 18.5 Å². The van der Waals surface area contributed by atoms with Crippen LogP contribution in [-0.4, -0.2) is 30.3 Å². The smallest absolute Gasteiger partial charge is 0.0607 e. The molecule has 72 valence electrons. The Bertz CT molecular complexity index is 115. The molecule has 3 heteroatoms. The summed E-state index contributed by atoms with van der Waals surface area (Å²) in [5, 5.41) is 0.792. The molecule has 1 atom stereocenters. The Morgan fingerprint density at radius 1 is 1.50 bits per heavy atom. The van der Waals surface area contributed by atoms with Crippen molar-refractivity contribution in [1.82, 2.24) is 0 Å². The maximum absolute atomic E-state index is 5.64. The third-order valence-corrected chi connectivity index (χ3v) is 3.28. The van der Waals surface area contributed by atoms with Gasteiger partial charge >= 0.3 is 0 Å². The van der Waals surface area contributed by atoms with Gasteiger partial charge in [-0.15, -0.1) is 0 Å². The molecule has 0 saturated carbocycles. The van der Waals surface area contributed by atoms with Crippen LogP contribution in [0.3, 0.4) is 0 Å². The van der Waals surface area contributed by atoms with Crippen molar-refractivity contribution >= 4 is 11.8 Å². The SMILES string of the molecule is CC(N)CCCCSC1COC1. The summed E-state index contributed by atoms with van der Waals surface area (Å²) in [5.41, 5.74) is 5.64. The van der Waals surface area contributed by atoms with E-state index in [0.717, 1.165) is 18.5 Å². The van der Waals surface area contributed by atoms with Gasteiger partial charge in [-0.2, -0.15) is 11.8 Å². The number of nitrogens with two attached hydrogens (primary N) is 1. The molecule has 1 fully saturated rings. The van der Waals surface area contributed by atoms with Crippen molar-refractivity contribution in [2.45, 2.75) is 37.5 Å². The van der Waals surface area contributed by atoms with Crippen molar-refractivity contribution in [3.05, 3.63) is 0 Å². The minimum atomic E-state index is 0.377. The first kappa shape index (κ1) is 10.4. The molecular weight excluding hydrogens is 170 g/mol. The van der Waals surface area contributed by atoms with Crippen molar-refractivity contribution in [3.63, 3.8) is 0 Å². The summed E-state index contributed by atoms with van der Waals surface area (Å²) in [5.74, 6) is 1.28. The molecule has 0 aromatic heterocycles. The summed E-state index contributed by atoms with van der Waals surface area (Å²) >= 11 is 2.05. The second-order valence-electron chi connectivity index (χ2n) is 3.50. The number of unbranched alkanes of at least 4 members (excludes halogenated alkanes) is 1. The van der Waals surface area contributed by atoms with Crippen LogP contribution in [0.25, 0.3) is 0 Å². The first-order chi connectivity index (χ1) is 5.79. The van der Waals surface area contributed by atoms with Gasteiger partial charge in [-0.25, -0.2) is 0 Å². The molecule has 12 heavy (non-hydrogen) atoms. The fourth-order valence-corrected chi connectivity index (χ4v) is 2.22. The highest BCUT2D eigenvalue weighted by Gasteiger charge is 2.17. The van der Waals surface area contributed by atoms with E-state index in [4.69, 9.17) is 10.5 Å². The van der Waals surface area contributed by atoms with Crippen molar-refractivity contribution in [1.29, 1.82) is 0 Å². The van der Waals surface area contributed by atoms with Gasteiger partial charge in [0.25, 0.3) is 0 Å². The highest BCUT2D eigenvalue weighted by atomic mass is 32.2. The van der Waals surface area contributed by atoms with Crippen molar-refractivity contribution < 1.29 is 4.74 Å². The molecule has 0 bridgehead atoms. The third-order valence-electron chi connectivity index (χ3n) is 2.01.